The van der Waals surface area contributed by atoms with Crippen LogP contribution in [-0.2, 0) is 9.59 Å². The average molecular weight is 283 g/mol. The first-order valence-electron chi connectivity index (χ1n) is 7.92. The van der Waals surface area contributed by atoms with Crippen molar-refractivity contribution in [3.63, 3.8) is 0 Å². The summed E-state index contributed by atoms with van der Waals surface area (Å²) in [5.41, 5.74) is -0.907. The molecule has 4 heteroatoms. The van der Waals surface area contributed by atoms with E-state index < -0.39 is 11.4 Å². The molecule has 0 bridgehead atoms. The van der Waals surface area contributed by atoms with Crippen molar-refractivity contribution in [2.75, 3.05) is 0 Å². The zero-order chi connectivity index (χ0) is 15.3. The fourth-order valence-corrected chi connectivity index (χ4v) is 3.47. The highest BCUT2D eigenvalue weighted by molar-refractivity contribution is 5.85. The Morgan fingerprint density at radius 2 is 1.80 bits per heavy atom. The predicted octanol–water partition coefficient (Wildman–Crippen LogP) is 3.21. The summed E-state index contributed by atoms with van der Waals surface area (Å²) in [6.45, 7) is 8.07. The first-order chi connectivity index (χ1) is 9.40. The molecule has 1 aliphatic carbocycles. The van der Waals surface area contributed by atoms with Gasteiger partial charge in [-0.25, -0.2) is 0 Å². The van der Waals surface area contributed by atoms with Crippen LogP contribution in [-0.4, -0.2) is 23.0 Å². The zero-order valence-corrected chi connectivity index (χ0v) is 13.2. The molecule has 0 radical (unpaired) electrons. The lowest BCUT2D eigenvalue weighted by Gasteiger charge is -2.28. The van der Waals surface area contributed by atoms with E-state index in [1.807, 2.05) is 13.8 Å². The van der Waals surface area contributed by atoms with Crippen molar-refractivity contribution in [1.29, 1.82) is 0 Å². The Balaban J connectivity index is 2.61. The van der Waals surface area contributed by atoms with Gasteiger partial charge in [-0.1, -0.05) is 34.1 Å². The van der Waals surface area contributed by atoms with Gasteiger partial charge < -0.3 is 10.4 Å². The van der Waals surface area contributed by atoms with Crippen molar-refractivity contribution in [3.05, 3.63) is 0 Å². The summed E-state index contributed by atoms with van der Waals surface area (Å²) >= 11 is 0. The third-order valence-corrected chi connectivity index (χ3v) is 5.40. The molecule has 0 saturated heterocycles. The quantitative estimate of drug-likeness (QED) is 0.754. The molecule has 0 aromatic heterocycles. The molecule has 116 valence electrons. The Labute approximate surface area is 122 Å². The molecule has 0 aliphatic heterocycles. The predicted molar refractivity (Wildman–Crippen MR) is 79.4 cm³/mol. The second-order valence-corrected chi connectivity index (χ2v) is 6.25. The Morgan fingerprint density at radius 3 is 2.20 bits per heavy atom. The summed E-state index contributed by atoms with van der Waals surface area (Å²) in [6.07, 6.45) is 4.40. The number of hydrogen-bond acceptors (Lipinski definition) is 2. The largest absolute Gasteiger partial charge is 0.481 e. The molecule has 1 amide bonds. The van der Waals surface area contributed by atoms with E-state index in [9.17, 15) is 14.7 Å². The molecule has 0 heterocycles. The molecule has 3 atom stereocenters. The molecular formula is C16H29NO3. The van der Waals surface area contributed by atoms with Crippen molar-refractivity contribution in [2.45, 2.75) is 72.3 Å². The number of carbonyl (C=O) groups excluding carboxylic acids is 1. The summed E-state index contributed by atoms with van der Waals surface area (Å²) < 4.78 is 0. The van der Waals surface area contributed by atoms with E-state index in [1.54, 1.807) is 0 Å². The Kier molecular flexibility index (Phi) is 6.03. The first-order valence-corrected chi connectivity index (χ1v) is 7.92. The molecule has 0 aromatic rings. The van der Waals surface area contributed by atoms with E-state index in [0.29, 0.717) is 24.7 Å². The van der Waals surface area contributed by atoms with Gasteiger partial charge in [0.2, 0.25) is 5.91 Å². The van der Waals surface area contributed by atoms with Crippen LogP contribution in [0.5, 0.6) is 0 Å². The van der Waals surface area contributed by atoms with Crippen LogP contribution < -0.4 is 5.32 Å². The fraction of sp³-hybridized carbons (Fsp3) is 0.875. The van der Waals surface area contributed by atoms with E-state index in [2.05, 4.69) is 19.2 Å². The van der Waals surface area contributed by atoms with E-state index in [1.165, 1.54) is 0 Å². The van der Waals surface area contributed by atoms with Crippen molar-refractivity contribution in [1.82, 2.24) is 5.32 Å². The van der Waals surface area contributed by atoms with Crippen molar-refractivity contribution in [3.8, 4) is 0 Å². The number of nitrogens with one attached hydrogen (secondary N) is 1. The molecule has 20 heavy (non-hydrogen) atoms. The molecule has 2 N–H and O–H groups in total. The summed E-state index contributed by atoms with van der Waals surface area (Å²) in [5.74, 6) is 0.210. The number of hydrogen-bond donors (Lipinski definition) is 2. The second kappa shape index (κ2) is 7.09. The Bertz CT molecular complexity index is 350. The van der Waals surface area contributed by atoms with Crippen molar-refractivity contribution in [2.24, 2.45) is 17.3 Å². The van der Waals surface area contributed by atoms with E-state index in [4.69, 9.17) is 0 Å². The van der Waals surface area contributed by atoms with Crippen LogP contribution in [0, 0.1) is 17.3 Å². The maximum atomic E-state index is 12.2. The maximum Gasteiger partial charge on any atom is 0.310 e. The van der Waals surface area contributed by atoms with Gasteiger partial charge in [0.1, 0.15) is 0 Å². The maximum absolute atomic E-state index is 12.2. The minimum absolute atomic E-state index is 0.0926. The van der Waals surface area contributed by atoms with Crippen LogP contribution in [0.2, 0.25) is 0 Å². The third kappa shape index (κ3) is 3.53. The standard InChI is InChI=1S/C16H29NO3/c1-5-12-8-9-13(11(12)4)17-14(18)10-16(6-2,7-3)15(19)20/h11-13H,5-10H2,1-4H3,(H,17,18)(H,19,20). The lowest BCUT2D eigenvalue weighted by Crippen LogP contribution is -2.42. The van der Waals surface area contributed by atoms with Gasteiger partial charge >= 0.3 is 5.97 Å². The van der Waals surface area contributed by atoms with Crippen LogP contribution in [0.4, 0.5) is 0 Å². The van der Waals surface area contributed by atoms with Gasteiger partial charge in [-0.15, -0.1) is 0 Å². The molecule has 4 nitrogen and oxygen atoms in total. The van der Waals surface area contributed by atoms with Crippen molar-refractivity contribution >= 4 is 11.9 Å². The summed E-state index contributed by atoms with van der Waals surface area (Å²) in [6, 6.07) is 0.215. The van der Waals surface area contributed by atoms with Crippen LogP contribution in [0.15, 0.2) is 0 Å². The van der Waals surface area contributed by atoms with E-state index >= 15 is 0 Å². The highest BCUT2D eigenvalue weighted by Gasteiger charge is 2.39. The number of amides is 1. The molecule has 3 unspecified atom stereocenters. The smallest absolute Gasteiger partial charge is 0.310 e. The second-order valence-electron chi connectivity index (χ2n) is 6.25. The molecule has 1 fully saturated rings. The van der Waals surface area contributed by atoms with Gasteiger partial charge in [0, 0.05) is 12.5 Å². The molecule has 1 rings (SSSR count). The molecular weight excluding hydrogens is 254 g/mol. The van der Waals surface area contributed by atoms with E-state index in [0.717, 1.165) is 19.3 Å². The fourth-order valence-electron chi connectivity index (χ4n) is 3.47. The minimum atomic E-state index is -0.907. The van der Waals surface area contributed by atoms with Gasteiger partial charge in [0.25, 0.3) is 0 Å². The van der Waals surface area contributed by atoms with Gasteiger partial charge in [-0.3, -0.25) is 9.59 Å². The summed E-state index contributed by atoms with van der Waals surface area (Å²) in [4.78, 5) is 23.6. The summed E-state index contributed by atoms with van der Waals surface area (Å²) in [5, 5.41) is 12.5. The number of carboxylic acid groups (broad SMARTS) is 1. The lowest BCUT2D eigenvalue weighted by molar-refractivity contribution is -0.152. The van der Waals surface area contributed by atoms with Gasteiger partial charge in [0.05, 0.1) is 5.41 Å². The van der Waals surface area contributed by atoms with Crippen molar-refractivity contribution < 1.29 is 14.7 Å². The number of aliphatic carboxylic acids is 1. The monoisotopic (exact) mass is 283 g/mol. The third-order valence-electron chi connectivity index (χ3n) is 5.40. The lowest BCUT2D eigenvalue weighted by atomic mass is 9.79. The van der Waals surface area contributed by atoms with E-state index in [-0.39, 0.29) is 18.4 Å². The van der Waals surface area contributed by atoms with Gasteiger partial charge in [-0.05, 0) is 37.5 Å². The van der Waals surface area contributed by atoms with Gasteiger partial charge in [0.15, 0.2) is 0 Å². The Morgan fingerprint density at radius 1 is 1.20 bits per heavy atom. The van der Waals surface area contributed by atoms with Crippen LogP contribution in [0.25, 0.3) is 0 Å². The minimum Gasteiger partial charge on any atom is -0.481 e. The molecule has 1 saturated carbocycles. The normalized spacial score (nSPS) is 26.5. The van der Waals surface area contributed by atoms with Crippen LogP contribution in [0.1, 0.15) is 66.2 Å². The number of carboxylic acids is 1. The SMILES string of the molecule is CCC1CCC(NC(=O)CC(CC)(CC)C(=O)O)C1C. The number of rotatable bonds is 7. The van der Waals surface area contributed by atoms with Crippen LogP contribution >= 0.6 is 0 Å². The zero-order valence-electron chi connectivity index (χ0n) is 13.2. The molecule has 0 aromatic carbocycles. The molecule has 0 spiro atoms. The highest BCUT2D eigenvalue weighted by atomic mass is 16.4. The van der Waals surface area contributed by atoms with Crippen LogP contribution in [0.3, 0.4) is 0 Å². The number of carbonyl (C=O) groups is 2. The Hall–Kier alpha value is -1.06. The topological polar surface area (TPSA) is 66.4 Å². The first kappa shape index (κ1) is 17.0. The average Bonchev–Trinajstić information content (AvgIpc) is 2.76. The molecule has 1 aliphatic rings. The summed E-state index contributed by atoms with van der Waals surface area (Å²) in [7, 11) is 0. The highest BCUT2D eigenvalue weighted by Crippen LogP contribution is 2.35. The van der Waals surface area contributed by atoms with Gasteiger partial charge in [-0.2, -0.15) is 0 Å².